The lowest BCUT2D eigenvalue weighted by Crippen LogP contribution is -2.43. The Balaban J connectivity index is 2.86. The molecular formula is C14H19NO5S. The molecule has 0 saturated heterocycles. The zero-order valence-electron chi connectivity index (χ0n) is 12.5. The van der Waals surface area contributed by atoms with E-state index in [1.54, 1.807) is 6.92 Å². The summed E-state index contributed by atoms with van der Waals surface area (Å²) in [4.78, 5) is 23.5. The van der Waals surface area contributed by atoms with Crippen molar-refractivity contribution >= 4 is 27.4 Å². The molecule has 0 aliphatic carbocycles. The largest absolute Gasteiger partial charge is 0.462 e. The fourth-order valence-electron chi connectivity index (χ4n) is 1.35. The monoisotopic (exact) mass is 313 g/mol. The number of hydrogen-bond acceptors (Lipinski definition) is 5. The lowest BCUT2D eigenvalue weighted by Gasteiger charge is -2.21. The number of anilines is 1. The van der Waals surface area contributed by atoms with Crippen LogP contribution in [0, 0.1) is 0 Å². The number of nitrogens with one attached hydrogen (secondary N) is 1. The number of ether oxygens (including phenoxy) is 1. The zero-order chi connectivity index (χ0) is 16.3. The van der Waals surface area contributed by atoms with Gasteiger partial charge in [0.1, 0.15) is 4.75 Å². The van der Waals surface area contributed by atoms with Crippen molar-refractivity contribution in [2.75, 3.05) is 18.2 Å². The fraction of sp³-hybridized carbons (Fsp3) is 0.429. The van der Waals surface area contributed by atoms with Gasteiger partial charge in [-0.2, -0.15) is 0 Å². The fourth-order valence-corrected chi connectivity index (χ4v) is 1.74. The zero-order valence-corrected chi connectivity index (χ0v) is 13.3. The second kappa shape index (κ2) is 6.26. The minimum Gasteiger partial charge on any atom is -0.462 e. The van der Waals surface area contributed by atoms with Gasteiger partial charge >= 0.3 is 5.97 Å². The van der Waals surface area contributed by atoms with Gasteiger partial charge in [-0.25, -0.2) is 13.2 Å². The molecule has 0 aliphatic rings. The van der Waals surface area contributed by atoms with Crippen molar-refractivity contribution in [3.8, 4) is 0 Å². The highest BCUT2D eigenvalue weighted by Gasteiger charge is 2.38. The van der Waals surface area contributed by atoms with Crippen LogP contribution in [0.25, 0.3) is 0 Å². The smallest absolute Gasteiger partial charge is 0.338 e. The first-order valence-corrected chi connectivity index (χ1v) is 8.27. The third-order valence-electron chi connectivity index (χ3n) is 3.13. The molecule has 7 heteroatoms. The molecule has 0 spiro atoms. The van der Waals surface area contributed by atoms with Crippen molar-refractivity contribution in [3.63, 3.8) is 0 Å². The quantitative estimate of drug-likeness (QED) is 0.834. The van der Waals surface area contributed by atoms with Crippen LogP contribution in [0.15, 0.2) is 24.3 Å². The summed E-state index contributed by atoms with van der Waals surface area (Å²) >= 11 is 0. The van der Waals surface area contributed by atoms with E-state index in [-0.39, 0.29) is 6.61 Å². The molecule has 1 amide bonds. The summed E-state index contributed by atoms with van der Waals surface area (Å²) in [5.41, 5.74) is 0.766. The minimum atomic E-state index is -3.54. The molecule has 0 fully saturated rings. The molecule has 0 aliphatic heterocycles. The predicted octanol–water partition coefficient (Wildman–Crippen LogP) is 1.62. The number of benzene rings is 1. The Labute approximate surface area is 124 Å². The van der Waals surface area contributed by atoms with Crippen LogP contribution in [0.5, 0.6) is 0 Å². The van der Waals surface area contributed by atoms with Crippen LogP contribution in [0.3, 0.4) is 0 Å². The molecule has 0 atom stereocenters. The Morgan fingerprint density at radius 2 is 1.71 bits per heavy atom. The summed E-state index contributed by atoms with van der Waals surface area (Å²) in [6.45, 7) is 4.66. The first-order valence-electron chi connectivity index (χ1n) is 6.38. The summed E-state index contributed by atoms with van der Waals surface area (Å²) < 4.78 is 26.5. The van der Waals surface area contributed by atoms with Crippen molar-refractivity contribution in [1.82, 2.24) is 0 Å². The van der Waals surface area contributed by atoms with Gasteiger partial charge in [0, 0.05) is 11.9 Å². The Bertz CT molecular complexity index is 632. The predicted molar refractivity (Wildman–Crippen MR) is 80.0 cm³/mol. The van der Waals surface area contributed by atoms with Crippen LogP contribution in [0.4, 0.5) is 5.69 Å². The Hall–Kier alpha value is -1.89. The summed E-state index contributed by atoms with van der Waals surface area (Å²) in [6.07, 6.45) is 1.01. The van der Waals surface area contributed by atoms with Gasteiger partial charge in [0.2, 0.25) is 5.91 Å². The molecule has 1 aromatic carbocycles. The second-order valence-corrected chi connectivity index (χ2v) is 7.60. The average molecular weight is 313 g/mol. The normalized spacial score (nSPS) is 11.8. The van der Waals surface area contributed by atoms with Crippen LogP contribution < -0.4 is 5.32 Å². The highest BCUT2D eigenvalue weighted by Crippen LogP contribution is 2.19. The SMILES string of the molecule is CCOC(=O)c1ccc(NC(=O)C(C)(C)S(C)(=O)=O)cc1. The Kier molecular flexibility index (Phi) is 5.11. The van der Waals surface area contributed by atoms with Crippen molar-refractivity contribution < 1.29 is 22.7 Å². The maximum absolute atomic E-state index is 12.0. The molecule has 1 rings (SSSR count). The highest BCUT2D eigenvalue weighted by molar-refractivity contribution is 7.92. The van der Waals surface area contributed by atoms with Crippen LogP contribution in [0.1, 0.15) is 31.1 Å². The first kappa shape index (κ1) is 17.2. The van der Waals surface area contributed by atoms with Gasteiger partial charge < -0.3 is 10.1 Å². The molecular weight excluding hydrogens is 294 g/mol. The number of rotatable bonds is 5. The summed E-state index contributed by atoms with van der Waals surface area (Å²) in [5.74, 6) is -1.08. The van der Waals surface area contributed by atoms with Gasteiger partial charge in [0.25, 0.3) is 0 Å². The van der Waals surface area contributed by atoms with Crippen molar-refractivity contribution in [1.29, 1.82) is 0 Å². The Morgan fingerprint density at radius 1 is 1.19 bits per heavy atom. The number of sulfone groups is 1. The summed E-state index contributed by atoms with van der Waals surface area (Å²) in [5, 5.41) is 2.52. The van der Waals surface area contributed by atoms with Crippen molar-refractivity contribution in [2.45, 2.75) is 25.5 Å². The van der Waals surface area contributed by atoms with Gasteiger partial charge in [0.15, 0.2) is 9.84 Å². The van der Waals surface area contributed by atoms with E-state index >= 15 is 0 Å². The highest BCUT2D eigenvalue weighted by atomic mass is 32.2. The lowest BCUT2D eigenvalue weighted by molar-refractivity contribution is -0.117. The number of hydrogen-bond donors (Lipinski definition) is 1. The van der Waals surface area contributed by atoms with E-state index in [0.29, 0.717) is 11.3 Å². The van der Waals surface area contributed by atoms with E-state index in [4.69, 9.17) is 4.74 Å². The van der Waals surface area contributed by atoms with Gasteiger partial charge in [-0.3, -0.25) is 4.79 Å². The first-order chi connectivity index (χ1) is 9.59. The number of carbonyl (C=O) groups excluding carboxylic acids is 2. The molecule has 0 aromatic heterocycles. The molecule has 6 nitrogen and oxygen atoms in total. The Morgan fingerprint density at radius 3 is 2.14 bits per heavy atom. The maximum Gasteiger partial charge on any atom is 0.338 e. The van der Waals surface area contributed by atoms with Crippen LogP contribution >= 0.6 is 0 Å². The van der Waals surface area contributed by atoms with E-state index in [1.165, 1.54) is 38.1 Å². The molecule has 1 aromatic rings. The lowest BCUT2D eigenvalue weighted by atomic mass is 10.1. The summed E-state index contributed by atoms with van der Waals surface area (Å²) in [6, 6.07) is 6.03. The van der Waals surface area contributed by atoms with Gasteiger partial charge in [-0.1, -0.05) is 0 Å². The van der Waals surface area contributed by atoms with Gasteiger partial charge in [-0.15, -0.1) is 0 Å². The van der Waals surface area contributed by atoms with Crippen molar-refractivity contribution in [2.24, 2.45) is 0 Å². The topological polar surface area (TPSA) is 89.5 Å². The van der Waals surface area contributed by atoms with Crippen LogP contribution in [0.2, 0.25) is 0 Å². The van der Waals surface area contributed by atoms with Gasteiger partial charge in [-0.05, 0) is 45.0 Å². The molecule has 0 unspecified atom stereocenters. The van der Waals surface area contributed by atoms with E-state index in [0.717, 1.165) is 6.26 Å². The summed E-state index contributed by atoms with van der Waals surface area (Å²) in [7, 11) is -3.54. The molecule has 116 valence electrons. The molecule has 1 N–H and O–H groups in total. The molecule has 0 heterocycles. The third-order valence-corrected chi connectivity index (χ3v) is 5.17. The second-order valence-electron chi connectivity index (χ2n) is 5.03. The van der Waals surface area contributed by atoms with Crippen LogP contribution in [-0.2, 0) is 19.4 Å². The van der Waals surface area contributed by atoms with E-state index in [2.05, 4.69) is 5.32 Å². The maximum atomic E-state index is 12.0. The number of amides is 1. The average Bonchev–Trinajstić information content (AvgIpc) is 2.38. The number of carbonyl (C=O) groups is 2. The van der Waals surface area contributed by atoms with E-state index in [1.807, 2.05) is 0 Å². The molecule has 0 bridgehead atoms. The standard InChI is InChI=1S/C14H19NO5S/c1-5-20-12(16)10-6-8-11(9-7-10)15-13(17)14(2,3)21(4,18)19/h6-9H,5H2,1-4H3,(H,15,17). The molecule has 21 heavy (non-hydrogen) atoms. The molecule has 0 radical (unpaired) electrons. The number of esters is 1. The van der Waals surface area contributed by atoms with Crippen LogP contribution in [-0.4, -0.2) is 37.9 Å². The van der Waals surface area contributed by atoms with E-state index in [9.17, 15) is 18.0 Å². The van der Waals surface area contributed by atoms with E-state index < -0.39 is 26.5 Å². The molecule has 0 saturated carbocycles. The third kappa shape index (κ3) is 4.04. The van der Waals surface area contributed by atoms with Gasteiger partial charge in [0.05, 0.1) is 12.2 Å². The minimum absolute atomic E-state index is 0.278. The van der Waals surface area contributed by atoms with Crippen molar-refractivity contribution in [3.05, 3.63) is 29.8 Å².